The molecule has 1 fully saturated rings. The summed E-state index contributed by atoms with van der Waals surface area (Å²) in [6.07, 6.45) is 8.31. The van der Waals surface area contributed by atoms with Crippen molar-refractivity contribution in [3.63, 3.8) is 0 Å². The third-order valence-electron chi connectivity index (χ3n) is 4.77. The van der Waals surface area contributed by atoms with Gasteiger partial charge in [0, 0.05) is 29.6 Å². The Morgan fingerprint density at radius 1 is 1.28 bits per heavy atom. The number of nitrogens with one attached hydrogen (secondary N) is 1. The highest BCUT2D eigenvalue weighted by molar-refractivity contribution is 6.33. The predicted octanol–water partition coefficient (Wildman–Crippen LogP) is 4.93. The summed E-state index contributed by atoms with van der Waals surface area (Å²) in [5, 5.41) is 3.69. The lowest BCUT2D eigenvalue weighted by molar-refractivity contribution is 0.112. The predicted molar refractivity (Wildman–Crippen MR) is 99.5 cm³/mol. The first-order valence-corrected chi connectivity index (χ1v) is 8.91. The number of hydrogen-bond acceptors (Lipinski definition) is 4. The van der Waals surface area contributed by atoms with Crippen molar-refractivity contribution in [2.75, 3.05) is 17.6 Å². The molecule has 6 heteroatoms. The number of benzene rings is 1. The van der Waals surface area contributed by atoms with Crippen molar-refractivity contribution in [2.24, 2.45) is 5.92 Å². The molecule has 0 bridgehead atoms. The molecule has 1 aliphatic rings. The van der Waals surface area contributed by atoms with E-state index in [4.69, 9.17) is 17.3 Å². The van der Waals surface area contributed by atoms with Crippen LogP contribution in [0.5, 0.6) is 0 Å². The standard InChI is InChI=1S/C19H21ClFN3O/c20-16-8-18(23-9-12-4-2-1-3-5-12)24-10-14(16)13-6-7-17(22)15(11-25)19(13)21/h6-8,10-12H,1-5,9,22H2,(H,23,24). The van der Waals surface area contributed by atoms with Gasteiger partial charge in [0.1, 0.15) is 11.6 Å². The average molecular weight is 362 g/mol. The molecule has 1 saturated carbocycles. The minimum Gasteiger partial charge on any atom is -0.398 e. The van der Waals surface area contributed by atoms with Crippen LogP contribution in [0.25, 0.3) is 11.1 Å². The topological polar surface area (TPSA) is 68.0 Å². The van der Waals surface area contributed by atoms with E-state index < -0.39 is 5.82 Å². The summed E-state index contributed by atoms with van der Waals surface area (Å²) in [6, 6.07) is 4.69. The van der Waals surface area contributed by atoms with Gasteiger partial charge in [-0.1, -0.05) is 30.9 Å². The fourth-order valence-corrected chi connectivity index (χ4v) is 3.56. The van der Waals surface area contributed by atoms with Crippen molar-refractivity contribution in [1.82, 2.24) is 4.98 Å². The Labute approximate surface area is 151 Å². The van der Waals surface area contributed by atoms with Gasteiger partial charge in [-0.3, -0.25) is 4.79 Å². The Kier molecular flexibility index (Phi) is 5.53. The molecule has 0 radical (unpaired) electrons. The fraction of sp³-hybridized carbons (Fsp3) is 0.368. The smallest absolute Gasteiger partial charge is 0.155 e. The second-order valence-electron chi connectivity index (χ2n) is 6.48. The Hall–Kier alpha value is -2.14. The van der Waals surface area contributed by atoms with Crippen molar-refractivity contribution >= 4 is 29.4 Å². The maximum absolute atomic E-state index is 14.5. The van der Waals surface area contributed by atoms with Gasteiger partial charge in [0.05, 0.1) is 10.6 Å². The highest BCUT2D eigenvalue weighted by Gasteiger charge is 2.17. The van der Waals surface area contributed by atoms with Gasteiger partial charge in [0.15, 0.2) is 6.29 Å². The molecule has 0 saturated heterocycles. The van der Waals surface area contributed by atoms with E-state index in [1.807, 2.05) is 0 Å². The molecule has 0 spiro atoms. The highest BCUT2D eigenvalue weighted by atomic mass is 35.5. The number of anilines is 2. The van der Waals surface area contributed by atoms with E-state index in [0.717, 1.165) is 6.54 Å². The lowest BCUT2D eigenvalue weighted by Crippen LogP contribution is -2.17. The highest BCUT2D eigenvalue weighted by Crippen LogP contribution is 2.33. The molecule has 2 aromatic rings. The number of nitrogen functional groups attached to an aromatic ring is 1. The van der Waals surface area contributed by atoms with Crippen LogP contribution in [-0.2, 0) is 0 Å². The maximum Gasteiger partial charge on any atom is 0.155 e. The van der Waals surface area contributed by atoms with Crippen LogP contribution in [0.1, 0.15) is 42.5 Å². The van der Waals surface area contributed by atoms with Crippen molar-refractivity contribution < 1.29 is 9.18 Å². The Balaban J connectivity index is 1.79. The third-order valence-corrected chi connectivity index (χ3v) is 5.08. The number of hydrogen-bond donors (Lipinski definition) is 2. The van der Waals surface area contributed by atoms with E-state index in [2.05, 4.69) is 10.3 Å². The summed E-state index contributed by atoms with van der Waals surface area (Å²) >= 11 is 6.33. The van der Waals surface area contributed by atoms with Gasteiger partial charge < -0.3 is 11.1 Å². The number of rotatable bonds is 5. The Morgan fingerprint density at radius 2 is 2.04 bits per heavy atom. The zero-order valence-electron chi connectivity index (χ0n) is 13.9. The van der Waals surface area contributed by atoms with Gasteiger partial charge in [0.2, 0.25) is 0 Å². The largest absolute Gasteiger partial charge is 0.398 e. The molecule has 4 nitrogen and oxygen atoms in total. The van der Waals surface area contributed by atoms with Gasteiger partial charge in [-0.15, -0.1) is 0 Å². The lowest BCUT2D eigenvalue weighted by atomic mass is 9.89. The van der Waals surface area contributed by atoms with Crippen molar-refractivity contribution in [3.05, 3.63) is 40.8 Å². The number of pyridine rings is 1. The second-order valence-corrected chi connectivity index (χ2v) is 6.89. The van der Waals surface area contributed by atoms with E-state index in [1.54, 1.807) is 6.07 Å². The number of aromatic nitrogens is 1. The van der Waals surface area contributed by atoms with E-state index in [-0.39, 0.29) is 16.8 Å². The first kappa shape index (κ1) is 17.7. The number of carbonyl (C=O) groups is 1. The number of nitrogens with two attached hydrogens (primary N) is 1. The Bertz CT molecular complexity index is 776. The van der Waals surface area contributed by atoms with Crippen LogP contribution in [0.3, 0.4) is 0 Å². The second kappa shape index (κ2) is 7.83. The molecule has 0 aliphatic heterocycles. The summed E-state index contributed by atoms with van der Waals surface area (Å²) in [5.41, 5.74) is 6.22. The number of aldehydes is 1. The first-order valence-electron chi connectivity index (χ1n) is 8.53. The van der Waals surface area contributed by atoms with Gasteiger partial charge in [-0.05, 0) is 37.0 Å². The number of carbonyl (C=O) groups excluding carboxylic acids is 1. The maximum atomic E-state index is 14.5. The number of nitrogens with zero attached hydrogens (tertiary/aromatic N) is 1. The molecule has 1 aliphatic carbocycles. The van der Waals surface area contributed by atoms with Gasteiger partial charge in [0.25, 0.3) is 0 Å². The third kappa shape index (κ3) is 3.93. The molecule has 1 heterocycles. The van der Waals surface area contributed by atoms with E-state index in [1.165, 1.54) is 50.4 Å². The summed E-state index contributed by atoms with van der Waals surface area (Å²) in [6.45, 7) is 0.869. The van der Waals surface area contributed by atoms with Crippen molar-refractivity contribution in [1.29, 1.82) is 0 Å². The minimum atomic E-state index is -0.679. The minimum absolute atomic E-state index is 0.103. The lowest BCUT2D eigenvalue weighted by Gasteiger charge is -2.22. The molecule has 1 aromatic heterocycles. The molecule has 0 atom stereocenters. The van der Waals surface area contributed by atoms with Crippen LogP contribution < -0.4 is 11.1 Å². The summed E-state index contributed by atoms with van der Waals surface area (Å²) in [4.78, 5) is 15.4. The molecule has 3 N–H and O–H groups in total. The monoisotopic (exact) mass is 361 g/mol. The molecular weight excluding hydrogens is 341 g/mol. The number of halogens is 2. The first-order chi connectivity index (χ1) is 12.1. The van der Waals surface area contributed by atoms with Crippen LogP contribution in [0, 0.1) is 11.7 Å². The molecule has 0 amide bonds. The SMILES string of the molecule is Nc1ccc(-c2cnc(NCC3CCCCC3)cc2Cl)c(F)c1C=O. The van der Waals surface area contributed by atoms with Gasteiger partial charge >= 0.3 is 0 Å². The van der Waals surface area contributed by atoms with Crippen LogP contribution in [-0.4, -0.2) is 17.8 Å². The molecule has 132 valence electrons. The van der Waals surface area contributed by atoms with Crippen LogP contribution in [0.15, 0.2) is 24.4 Å². The molecule has 1 aromatic carbocycles. The summed E-state index contributed by atoms with van der Waals surface area (Å²) in [5.74, 6) is 0.658. The summed E-state index contributed by atoms with van der Waals surface area (Å²) in [7, 11) is 0. The van der Waals surface area contributed by atoms with Crippen LogP contribution in [0.4, 0.5) is 15.9 Å². The van der Waals surface area contributed by atoms with Crippen molar-refractivity contribution in [2.45, 2.75) is 32.1 Å². The van der Waals surface area contributed by atoms with Crippen LogP contribution in [0.2, 0.25) is 5.02 Å². The quantitative estimate of drug-likeness (QED) is 0.585. The van der Waals surface area contributed by atoms with Gasteiger partial charge in [-0.2, -0.15) is 0 Å². The molecule has 3 rings (SSSR count). The van der Waals surface area contributed by atoms with Crippen molar-refractivity contribution in [3.8, 4) is 11.1 Å². The van der Waals surface area contributed by atoms with Crippen LogP contribution >= 0.6 is 11.6 Å². The molecular formula is C19H21ClFN3O. The Morgan fingerprint density at radius 3 is 2.72 bits per heavy atom. The summed E-state index contributed by atoms with van der Waals surface area (Å²) < 4.78 is 14.5. The average Bonchev–Trinajstić information content (AvgIpc) is 2.62. The zero-order valence-corrected chi connectivity index (χ0v) is 14.7. The molecule has 25 heavy (non-hydrogen) atoms. The zero-order chi connectivity index (χ0) is 17.8. The van der Waals surface area contributed by atoms with E-state index in [0.29, 0.717) is 28.6 Å². The fourth-order valence-electron chi connectivity index (χ4n) is 3.30. The molecule has 0 unspecified atom stereocenters. The van der Waals surface area contributed by atoms with Gasteiger partial charge in [-0.25, -0.2) is 9.37 Å². The normalized spacial score (nSPS) is 15.1. The van der Waals surface area contributed by atoms with E-state index in [9.17, 15) is 9.18 Å². The van der Waals surface area contributed by atoms with E-state index >= 15 is 0 Å².